The van der Waals surface area contributed by atoms with Gasteiger partial charge in [-0.15, -0.1) is 0 Å². The zero-order chi connectivity index (χ0) is 21.8. The molecular formula is C22H21N3O6. The maximum Gasteiger partial charge on any atom is 0.310 e. The van der Waals surface area contributed by atoms with Crippen molar-refractivity contribution in [3.63, 3.8) is 0 Å². The molecule has 2 aromatic rings. The van der Waals surface area contributed by atoms with Crippen LogP contribution in [-0.4, -0.2) is 50.9 Å². The number of phenolic OH excluding ortho intramolecular Hbond substituents is 2. The van der Waals surface area contributed by atoms with E-state index in [0.717, 1.165) is 25.9 Å². The summed E-state index contributed by atoms with van der Waals surface area (Å²) in [5.74, 6) is 0.721. The van der Waals surface area contributed by atoms with Crippen molar-refractivity contribution in [3.8, 4) is 29.1 Å². The van der Waals surface area contributed by atoms with E-state index in [2.05, 4.69) is 4.90 Å². The molecule has 0 radical (unpaired) electrons. The average molecular weight is 423 g/mol. The third-order valence-electron chi connectivity index (χ3n) is 6.41. The largest absolute Gasteiger partial charge is 0.506 e. The minimum absolute atomic E-state index is 0.114. The summed E-state index contributed by atoms with van der Waals surface area (Å²) in [5.41, 5.74) is -1.19. The number of phenols is 2. The molecule has 0 amide bonds. The number of piperidine rings is 3. The van der Waals surface area contributed by atoms with E-state index in [-0.39, 0.29) is 17.0 Å². The number of rotatable bonds is 5. The molecule has 6 rings (SSSR count). The van der Waals surface area contributed by atoms with Crippen LogP contribution in [0.25, 0.3) is 0 Å². The lowest BCUT2D eigenvalue weighted by atomic mass is 9.63. The van der Waals surface area contributed by atoms with Gasteiger partial charge >= 0.3 is 5.69 Å². The minimum atomic E-state index is -0.634. The van der Waals surface area contributed by atoms with Crippen molar-refractivity contribution >= 4 is 5.69 Å². The lowest BCUT2D eigenvalue weighted by Crippen LogP contribution is -2.72. The Kier molecular flexibility index (Phi) is 4.24. The molecule has 0 aromatic heterocycles. The first kappa shape index (κ1) is 19.5. The van der Waals surface area contributed by atoms with Crippen molar-refractivity contribution in [1.29, 1.82) is 5.26 Å². The third-order valence-corrected chi connectivity index (χ3v) is 6.41. The van der Waals surface area contributed by atoms with Crippen LogP contribution in [0.3, 0.4) is 0 Å². The van der Waals surface area contributed by atoms with Crippen LogP contribution in [0, 0.1) is 27.4 Å². The van der Waals surface area contributed by atoms with E-state index in [1.165, 1.54) is 30.3 Å². The standard InChI is InChI=1S/C22H21N3O6/c23-9-15-1-2-16(5-19(15)26)30-21-7-14-8-22(11-21,13-24(10-14)12-21)31-17-3-4-18(25(28)29)20(27)6-17/h1-6,14,26-27H,7-8,10-13H2. The zero-order valence-corrected chi connectivity index (χ0v) is 16.7. The quantitative estimate of drug-likeness (QED) is 0.555. The molecular weight excluding hydrogens is 402 g/mol. The summed E-state index contributed by atoms with van der Waals surface area (Å²) in [4.78, 5) is 12.6. The zero-order valence-electron chi connectivity index (χ0n) is 16.7. The smallest absolute Gasteiger partial charge is 0.310 e. The van der Waals surface area contributed by atoms with Gasteiger partial charge in [-0.1, -0.05) is 0 Å². The maximum atomic E-state index is 11.0. The van der Waals surface area contributed by atoms with Crippen LogP contribution in [-0.2, 0) is 0 Å². The number of nitro groups is 1. The van der Waals surface area contributed by atoms with E-state index in [1.54, 1.807) is 6.07 Å². The van der Waals surface area contributed by atoms with Gasteiger partial charge in [0, 0.05) is 44.3 Å². The summed E-state index contributed by atoms with van der Waals surface area (Å²) < 4.78 is 12.8. The normalized spacial score (nSPS) is 30.5. The SMILES string of the molecule is N#Cc1ccc(OC23CC4CN(C2)CC(Oc2ccc([N+](=O)[O-])c(O)c2)(C4)C3)cc1O. The van der Waals surface area contributed by atoms with Gasteiger partial charge in [-0.05, 0) is 37.0 Å². The summed E-state index contributed by atoms with van der Waals surface area (Å²) in [7, 11) is 0. The fourth-order valence-corrected chi connectivity index (χ4v) is 5.70. The molecule has 4 aliphatic rings. The van der Waals surface area contributed by atoms with Gasteiger partial charge in [0.2, 0.25) is 0 Å². The lowest BCUT2D eigenvalue weighted by molar-refractivity contribution is -0.385. The van der Waals surface area contributed by atoms with E-state index in [9.17, 15) is 20.3 Å². The molecule has 9 heteroatoms. The Hall–Kier alpha value is -3.51. The highest BCUT2D eigenvalue weighted by molar-refractivity contribution is 5.50. The Morgan fingerprint density at radius 2 is 1.68 bits per heavy atom. The summed E-state index contributed by atoms with van der Waals surface area (Å²) in [6.45, 7) is 2.41. The Morgan fingerprint density at radius 1 is 1.06 bits per heavy atom. The first-order valence-electron chi connectivity index (χ1n) is 10.1. The second-order valence-corrected chi connectivity index (χ2v) is 8.89. The second kappa shape index (κ2) is 6.75. The summed E-state index contributed by atoms with van der Waals surface area (Å²) in [5, 5.41) is 40.0. The fraction of sp³-hybridized carbons (Fsp3) is 0.409. The van der Waals surface area contributed by atoms with E-state index in [0.29, 0.717) is 30.4 Å². The summed E-state index contributed by atoms with van der Waals surface area (Å²) in [6, 6.07) is 10.7. The average Bonchev–Trinajstić information content (AvgIpc) is 2.66. The van der Waals surface area contributed by atoms with Gasteiger partial charge in [-0.3, -0.25) is 15.0 Å². The molecule has 4 fully saturated rings. The van der Waals surface area contributed by atoms with Crippen LogP contribution < -0.4 is 9.47 Å². The molecule has 31 heavy (non-hydrogen) atoms. The van der Waals surface area contributed by atoms with Crippen LogP contribution in [0.2, 0.25) is 0 Å². The highest BCUT2D eigenvalue weighted by Gasteiger charge is 2.60. The first-order valence-corrected chi connectivity index (χ1v) is 10.1. The van der Waals surface area contributed by atoms with Crippen molar-refractivity contribution in [2.45, 2.75) is 30.5 Å². The molecule has 160 valence electrons. The highest BCUT2D eigenvalue weighted by Crippen LogP contribution is 2.52. The molecule has 4 bridgehead atoms. The number of hydrogen-bond donors (Lipinski definition) is 2. The van der Waals surface area contributed by atoms with E-state index in [4.69, 9.17) is 14.7 Å². The molecule has 3 saturated heterocycles. The molecule has 4 unspecified atom stereocenters. The summed E-state index contributed by atoms with van der Waals surface area (Å²) in [6.07, 6.45) is 2.32. The fourth-order valence-electron chi connectivity index (χ4n) is 5.70. The molecule has 3 aliphatic heterocycles. The lowest BCUT2D eigenvalue weighted by Gasteiger charge is -2.61. The number of nitrogens with zero attached hydrogens (tertiary/aromatic N) is 3. The molecule has 9 nitrogen and oxygen atoms in total. The van der Waals surface area contributed by atoms with Gasteiger partial charge in [-0.25, -0.2) is 0 Å². The predicted octanol–water partition coefficient (Wildman–Crippen LogP) is 2.94. The van der Waals surface area contributed by atoms with Crippen LogP contribution >= 0.6 is 0 Å². The van der Waals surface area contributed by atoms with E-state index >= 15 is 0 Å². The minimum Gasteiger partial charge on any atom is -0.506 e. The molecule has 3 heterocycles. The Morgan fingerprint density at radius 3 is 2.19 bits per heavy atom. The van der Waals surface area contributed by atoms with E-state index < -0.39 is 21.9 Å². The van der Waals surface area contributed by atoms with Crippen LogP contribution in [0.1, 0.15) is 24.8 Å². The number of nitriles is 1. The molecule has 1 aliphatic carbocycles. The highest BCUT2D eigenvalue weighted by atomic mass is 16.6. The maximum absolute atomic E-state index is 11.0. The molecule has 2 aromatic carbocycles. The number of hydrogen-bond acceptors (Lipinski definition) is 8. The second-order valence-electron chi connectivity index (χ2n) is 8.89. The number of ether oxygens (including phenoxy) is 2. The molecule has 4 atom stereocenters. The van der Waals surface area contributed by atoms with Crippen molar-refractivity contribution < 1.29 is 24.6 Å². The molecule has 0 spiro atoms. The van der Waals surface area contributed by atoms with Crippen LogP contribution in [0.5, 0.6) is 23.0 Å². The Balaban J connectivity index is 1.41. The van der Waals surface area contributed by atoms with Gasteiger partial charge in [0.05, 0.1) is 10.5 Å². The third kappa shape index (κ3) is 3.39. The number of nitro benzene ring substituents is 1. The topological polar surface area (TPSA) is 129 Å². The number of aromatic hydroxyl groups is 2. The van der Waals surface area contributed by atoms with Gasteiger partial charge in [-0.2, -0.15) is 5.26 Å². The molecule has 2 N–H and O–H groups in total. The summed E-state index contributed by atoms with van der Waals surface area (Å²) >= 11 is 0. The van der Waals surface area contributed by atoms with Gasteiger partial charge in [0.1, 0.15) is 34.5 Å². The van der Waals surface area contributed by atoms with Crippen molar-refractivity contribution in [3.05, 3.63) is 52.1 Å². The molecule has 1 saturated carbocycles. The van der Waals surface area contributed by atoms with Crippen LogP contribution in [0.4, 0.5) is 5.69 Å². The van der Waals surface area contributed by atoms with Crippen molar-refractivity contribution in [2.75, 3.05) is 19.6 Å². The van der Waals surface area contributed by atoms with Gasteiger partial charge in [0.25, 0.3) is 0 Å². The van der Waals surface area contributed by atoms with Crippen molar-refractivity contribution in [2.24, 2.45) is 5.92 Å². The van der Waals surface area contributed by atoms with Crippen molar-refractivity contribution in [1.82, 2.24) is 4.90 Å². The first-order chi connectivity index (χ1) is 14.8. The van der Waals surface area contributed by atoms with Gasteiger partial charge in [0.15, 0.2) is 5.75 Å². The predicted molar refractivity (Wildman–Crippen MR) is 108 cm³/mol. The Labute approximate surface area is 178 Å². The van der Waals surface area contributed by atoms with E-state index in [1.807, 2.05) is 6.07 Å². The monoisotopic (exact) mass is 423 g/mol. The van der Waals surface area contributed by atoms with Gasteiger partial charge < -0.3 is 19.7 Å². The number of benzene rings is 2. The Bertz CT molecular complexity index is 1100. The van der Waals surface area contributed by atoms with Crippen LogP contribution in [0.15, 0.2) is 36.4 Å².